The Bertz CT molecular complexity index is 947. The van der Waals surface area contributed by atoms with Gasteiger partial charge < -0.3 is 9.47 Å². The topological polar surface area (TPSA) is 144 Å². The van der Waals surface area contributed by atoms with E-state index in [0.717, 1.165) is 12.1 Å². The highest BCUT2D eigenvalue weighted by molar-refractivity contribution is 7.90. The SMILES string of the molecule is COc1nc(NNC(=O)NS(=O)(=O)c2ccccc2C(F)(F)F)nc(OC)n1. The summed E-state index contributed by atoms with van der Waals surface area (Å²) in [4.78, 5) is 21.8. The summed E-state index contributed by atoms with van der Waals surface area (Å²) in [6, 6.07) is 1.65. The van der Waals surface area contributed by atoms with Crippen LogP contribution in [0.1, 0.15) is 5.56 Å². The highest BCUT2D eigenvalue weighted by Gasteiger charge is 2.37. The van der Waals surface area contributed by atoms with E-state index >= 15 is 0 Å². The highest BCUT2D eigenvalue weighted by Crippen LogP contribution is 2.33. The van der Waals surface area contributed by atoms with E-state index in [1.165, 1.54) is 18.9 Å². The summed E-state index contributed by atoms with van der Waals surface area (Å²) in [5, 5.41) is 0. The number of amides is 2. The lowest BCUT2D eigenvalue weighted by Gasteiger charge is -2.14. The molecule has 15 heteroatoms. The smallest absolute Gasteiger partial charge is 0.417 e. The molecule has 2 aromatic rings. The molecule has 0 aliphatic rings. The Labute approximate surface area is 156 Å². The molecule has 0 saturated carbocycles. The number of urea groups is 1. The number of aromatic nitrogens is 3. The van der Waals surface area contributed by atoms with E-state index in [1.807, 2.05) is 5.43 Å². The van der Waals surface area contributed by atoms with Crippen molar-refractivity contribution in [2.24, 2.45) is 0 Å². The van der Waals surface area contributed by atoms with Crippen LogP contribution in [-0.4, -0.2) is 43.6 Å². The molecule has 0 atom stereocenters. The Balaban J connectivity index is 2.13. The van der Waals surface area contributed by atoms with Crippen LogP contribution in [0.25, 0.3) is 0 Å². The quantitative estimate of drug-likeness (QED) is 0.579. The molecule has 0 radical (unpaired) electrons. The number of anilines is 1. The Kier molecular flexibility index (Phi) is 6.07. The fraction of sp³-hybridized carbons (Fsp3) is 0.231. The van der Waals surface area contributed by atoms with Gasteiger partial charge in [0.1, 0.15) is 0 Å². The van der Waals surface area contributed by atoms with Crippen molar-refractivity contribution in [3.05, 3.63) is 29.8 Å². The maximum Gasteiger partial charge on any atom is 0.417 e. The number of hydrogen-bond donors (Lipinski definition) is 3. The van der Waals surface area contributed by atoms with Gasteiger partial charge in [0.25, 0.3) is 16.0 Å². The molecule has 0 saturated heterocycles. The molecule has 3 N–H and O–H groups in total. The second kappa shape index (κ2) is 8.12. The van der Waals surface area contributed by atoms with Gasteiger partial charge in [-0.05, 0) is 12.1 Å². The number of alkyl halides is 3. The second-order valence-corrected chi connectivity index (χ2v) is 6.46. The van der Waals surface area contributed by atoms with Crippen molar-refractivity contribution >= 4 is 22.0 Å². The molecule has 0 spiro atoms. The van der Waals surface area contributed by atoms with Crippen LogP contribution >= 0.6 is 0 Å². The number of methoxy groups -OCH3 is 2. The van der Waals surface area contributed by atoms with Crippen LogP contribution < -0.4 is 25.0 Å². The third kappa shape index (κ3) is 5.09. The highest BCUT2D eigenvalue weighted by atomic mass is 32.2. The summed E-state index contributed by atoms with van der Waals surface area (Å²) < 4.78 is 74.2. The molecule has 1 aromatic carbocycles. The van der Waals surface area contributed by atoms with Crippen molar-refractivity contribution in [3.8, 4) is 12.0 Å². The number of carbonyl (C=O) groups is 1. The Morgan fingerprint density at radius 3 is 2.14 bits per heavy atom. The van der Waals surface area contributed by atoms with E-state index in [1.54, 1.807) is 0 Å². The van der Waals surface area contributed by atoms with Gasteiger partial charge in [0.2, 0.25) is 0 Å². The zero-order valence-corrected chi connectivity index (χ0v) is 15.1. The van der Waals surface area contributed by atoms with Crippen molar-refractivity contribution in [2.75, 3.05) is 19.6 Å². The lowest BCUT2D eigenvalue weighted by atomic mass is 10.2. The predicted octanol–water partition coefficient (Wildman–Crippen LogP) is 0.923. The molecule has 2 amide bonds. The fourth-order valence-electron chi connectivity index (χ4n) is 1.83. The minimum absolute atomic E-state index is 0.178. The summed E-state index contributed by atoms with van der Waals surface area (Å²) in [5.41, 5.74) is 2.58. The Morgan fingerprint density at radius 2 is 1.61 bits per heavy atom. The van der Waals surface area contributed by atoms with Crippen LogP contribution in [0.15, 0.2) is 29.2 Å². The molecular weight excluding hydrogens is 409 g/mol. The summed E-state index contributed by atoms with van der Waals surface area (Å²) in [5.74, 6) is -0.285. The summed E-state index contributed by atoms with van der Waals surface area (Å²) in [7, 11) is -2.32. The van der Waals surface area contributed by atoms with E-state index in [2.05, 4.69) is 20.4 Å². The number of benzene rings is 1. The largest absolute Gasteiger partial charge is 0.467 e. The van der Waals surface area contributed by atoms with Gasteiger partial charge in [-0.1, -0.05) is 12.1 Å². The summed E-state index contributed by atoms with van der Waals surface area (Å²) in [6.45, 7) is 0. The Morgan fingerprint density at radius 1 is 1.04 bits per heavy atom. The number of halogens is 3. The molecule has 1 heterocycles. The van der Waals surface area contributed by atoms with Gasteiger partial charge in [0.05, 0.1) is 24.7 Å². The average Bonchev–Trinajstić information content (AvgIpc) is 2.65. The van der Waals surface area contributed by atoms with Gasteiger partial charge in [0.15, 0.2) is 0 Å². The lowest BCUT2D eigenvalue weighted by molar-refractivity contribution is -0.139. The molecule has 152 valence electrons. The van der Waals surface area contributed by atoms with E-state index in [4.69, 9.17) is 9.47 Å². The first-order valence-corrected chi connectivity index (χ1v) is 8.64. The van der Waals surface area contributed by atoms with E-state index in [0.29, 0.717) is 12.1 Å². The number of nitrogens with one attached hydrogen (secondary N) is 3. The van der Waals surface area contributed by atoms with E-state index < -0.39 is 32.7 Å². The first-order valence-electron chi connectivity index (χ1n) is 7.16. The first kappa shape index (κ1) is 20.9. The number of carbonyl (C=O) groups excluding carboxylic acids is 1. The summed E-state index contributed by atoms with van der Waals surface area (Å²) in [6.07, 6.45) is -4.93. The molecule has 1 aromatic heterocycles. The van der Waals surface area contributed by atoms with Gasteiger partial charge >= 0.3 is 24.2 Å². The predicted molar refractivity (Wildman–Crippen MR) is 86.9 cm³/mol. The molecule has 0 aliphatic heterocycles. The van der Waals surface area contributed by atoms with Gasteiger partial charge in [0, 0.05) is 0 Å². The van der Waals surface area contributed by atoms with Crippen LogP contribution in [0.4, 0.5) is 23.9 Å². The van der Waals surface area contributed by atoms with Crippen molar-refractivity contribution in [1.29, 1.82) is 0 Å². The average molecular weight is 422 g/mol. The molecule has 0 fully saturated rings. The monoisotopic (exact) mass is 422 g/mol. The molecule has 0 bridgehead atoms. The summed E-state index contributed by atoms with van der Waals surface area (Å²) >= 11 is 0. The molecule has 11 nitrogen and oxygen atoms in total. The standard InChI is InChI=1S/C13H13F3N6O5S/c1-26-11-17-9(18-12(19-11)27-2)20-21-10(23)22-28(24,25)8-6-4-3-5-7(8)13(14,15)16/h3-6H,1-2H3,(H2,21,22,23)(H,17,18,19,20). The van der Waals surface area contributed by atoms with Crippen molar-refractivity contribution in [2.45, 2.75) is 11.1 Å². The second-order valence-electron chi connectivity index (χ2n) is 4.81. The van der Waals surface area contributed by atoms with Gasteiger partial charge in [-0.25, -0.2) is 23.4 Å². The van der Waals surface area contributed by atoms with Gasteiger partial charge in [-0.3, -0.25) is 5.43 Å². The van der Waals surface area contributed by atoms with E-state index in [-0.39, 0.29) is 18.0 Å². The zero-order valence-electron chi connectivity index (χ0n) is 14.2. The lowest BCUT2D eigenvalue weighted by Crippen LogP contribution is -2.42. The van der Waals surface area contributed by atoms with Crippen LogP contribution in [0.5, 0.6) is 12.0 Å². The third-order valence-corrected chi connectivity index (χ3v) is 4.35. The van der Waals surface area contributed by atoms with Crippen molar-refractivity contribution in [1.82, 2.24) is 25.1 Å². The van der Waals surface area contributed by atoms with Crippen LogP contribution in [0.2, 0.25) is 0 Å². The molecule has 28 heavy (non-hydrogen) atoms. The molecule has 2 rings (SSSR count). The number of ether oxygens (including phenoxy) is 2. The normalized spacial score (nSPS) is 11.5. The van der Waals surface area contributed by atoms with Crippen LogP contribution in [-0.2, 0) is 16.2 Å². The van der Waals surface area contributed by atoms with Crippen molar-refractivity contribution < 1.29 is 35.9 Å². The minimum Gasteiger partial charge on any atom is -0.467 e. The molecule has 0 unspecified atom stereocenters. The maximum atomic E-state index is 13.0. The van der Waals surface area contributed by atoms with Crippen molar-refractivity contribution in [3.63, 3.8) is 0 Å². The number of sulfonamides is 1. The molecule has 0 aliphatic carbocycles. The van der Waals surface area contributed by atoms with Gasteiger partial charge in [-0.15, -0.1) is 4.98 Å². The third-order valence-electron chi connectivity index (χ3n) is 2.96. The van der Waals surface area contributed by atoms with Crippen LogP contribution in [0.3, 0.4) is 0 Å². The molecular formula is C13H13F3N6O5S. The minimum atomic E-state index is -4.93. The zero-order chi connectivity index (χ0) is 20.9. The van der Waals surface area contributed by atoms with Gasteiger partial charge in [-0.2, -0.15) is 23.1 Å². The number of hydrazine groups is 1. The number of nitrogens with zero attached hydrogens (tertiary/aromatic N) is 3. The maximum absolute atomic E-state index is 13.0. The number of rotatable bonds is 6. The fourth-order valence-corrected chi connectivity index (χ4v) is 2.96. The van der Waals surface area contributed by atoms with Crippen LogP contribution in [0, 0.1) is 0 Å². The van der Waals surface area contributed by atoms with E-state index in [9.17, 15) is 26.4 Å². The first-order chi connectivity index (χ1) is 13.1. The number of hydrogen-bond acceptors (Lipinski definition) is 9. The Hall–Kier alpha value is -3.36.